The minimum Gasteiger partial charge on any atom is -0.493 e. The molecule has 7 nitrogen and oxygen atoms in total. The van der Waals surface area contributed by atoms with Gasteiger partial charge in [-0.2, -0.15) is 0 Å². The maximum absolute atomic E-state index is 13.0. The van der Waals surface area contributed by atoms with Crippen LogP contribution < -0.4 is 14.2 Å². The average molecular weight is 383 g/mol. The second-order valence-corrected chi connectivity index (χ2v) is 6.17. The van der Waals surface area contributed by atoms with Crippen LogP contribution in [0.3, 0.4) is 0 Å². The summed E-state index contributed by atoms with van der Waals surface area (Å²) in [4.78, 5) is 23.8. The van der Waals surface area contributed by atoms with Crippen molar-refractivity contribution in [3.63, 3.8) is 0 Å². The third-order valence-electron chi connectivity index (χ3n) is 4.53. The van der Waals surface area contributed by atoms with E-state index in [4.69, 9.17) is 19.3 Å². The Labute approximate surface area is 162 Å². The molecule has 0 atom stereocenters. The first-order valence-electron chi connectivity index (χ1n) is 8.64. The molecule has 1 N–H and O–H groups in total. The van der Waals surface area contributed by atoms with Crippen molar-refractivity contribution in [2.45, 2.75) is 13.0 Å². The van der Waals surface area contributed by atoms with Gasteiger partial charge in [-0.25, -0.2) is 0 Å². The molecule has 0 aliphatic carbocycles. The number of hydrogen-bond acceptors (Lipinski definition) is 5. The van der Waals surface area contributed by atoms with Crippen molar-refractivity contribution in [3.05, 3.63) is 53.7 Å². The lowest BCUT2D eigenvalue weighted by molar-refractivity contribution is -0.137. The molecule has 2 aromatic carbocycles. The molecule has 0 aliphatic heterocycles. The molecule has 0 aliphatic rings. The van der Waals surface area contributed by atoms with E-state index in [1.807, 2.05) is 22.9 Å². The van der Waals surface area contributed by atoms with E-state index in [9.17, 15) is 9.59 Å². The lowest BCUT2D eigenvalue weighted by Crippen LogP contribution is -2.05. The Hall–Kier alpha value is -3.48. The zero-order valence-electron chi connectivity index (χ0n) is 15.9. The van der Waals surface area contributed by atoms with Gasteiger partial charge >= 0.3 is 5.97 Å². The van der Waals surface area contributed by atoms with Gasteiger partial charge in [0.25, 0.3) is 0 Å². The molecule has 28 heavy (non-hydrogen) atoms. The Balaban J connectivity index is 1.96. The fraction of sp³-hybridized carbons (Fsp3) is 0.238. The number of aliphatic carboxylic acids is 1. The number of carboxylic acid groups (broad SMARTS) is 1. The zero-order chi connectivity index (χ0) is 20.3. The first kappa shape index (κ1) is 19.3. The molecular formula is C21H21NO6. The van der Waals surface area contributed by atoms with Crippen molar-refractivity contribution in [1.29, 1.82) is 0 Å². The summed E-state index contributed by atoms with van der Waals surface area (Å²) >= 11 is 0. The van der Waals surface area contributed by atoms with Crippen molar-refractivity contribution < 1.29 is 28.9 Å². The number of fused-ring (bicyclic) bond motifs is 1. The normalized spacial score (nSPS) is 10.7. The van der Waals surface area contributed by atoms with Crippen LogP contribution in [0.5, 0.6) is 17.2 Å². The molecule has 0 saturated heterocycles. The van der Waals surface area contributed by atoms with Gasteiger partial charge in [0.05, 0.1) is 27.8 Å². The standard InChI is InChI=1S/C21H21NO6/c1-26-17-11-15(12-18(27-2)21(17)28-3)20(25)14-4-5-16-13(10-14)6-8-22(16)9-7-19(23)24/h4-6,8,10-12H,7,9H2,1-3H3,(H,23,24). The van der Waals surface area contributed by atoms with Crippen molar-refractivity contribution in [2.24, 2.45) is 0 Å². The maximum atomic E-state index is 13.0. The molecule has 0 fully saturated rings. The predicted molar refractivity (Wildman–Crippen MR) is 104 cm³/mol. The third kappa shape index (κ3) is 3.64. The monoisotopic (exact) mass is 383 g/mol. The van der Waals surface area contributed by atoms with E-state index >= 15 is 0 Å². The minimum absolute atomic E-state index is 0.0376. The van der Waals surface area contributed by atoms with E-state index in [1.54, 1.807) is 24.3 Å². The Kier molecular flexibility index (Phi) is 5.54. The first-order chi connectivity index (χ1) is 13.5. The predicted octanol–water partition coefficient (Wildman–Crippen LogP) is 3.37. The highest BCUT2D eigenvalue weighted by Crippen LogP contribution is 2.38. The van der Waals surface area contributed by atoms with Gasteiger partial charge in [0.2, 0.25) is 5.75 Å². The summed E-state index contributed by atoms with van der Waals surface area (Å²) < 4.78 is 17.8. The number of benzene rings is 2. The molecule has 0 bridgehead atoms. The number of rotatable bonds is 8. The molecule has 1 heterocycles. The number of ketones is 1. The minimum atomic E-state index is -0.851. The number of methoxy groups -OCH3 is 3. The summed E-state index contributed by atoms with van der Waals surface area (Å²) in [7, 11) is 4.50. The lowest BCUT2D eigenvalue weighted by atomic mass is 10.0. The highest BCUT2D eigenvalue weighted by atomic mass is 16.5. The molecular weight excluding hydrogens is 362 g/mol. The fourth-order valence-corrected chi connectivity index (χ4v) is 3.13. The summed E-state index contributed by atoms with van der Waals surface area (Å²) in [6.07, 6.45) is 1.86. The second-order valence-electron chi connectivity index (χ2n) is 6.17. The van der Waals surface area contributed by atoms with Gasteiger partial charge in [-0.05, 0) is 36.4 Å². The third-order valence-corrected chi connectivity index (χ3v) is 4.53. The van der Waals surface area contributed by atoms with Crippen molar-refractivity contribution in [3.8, 4) is 17.2 Å². The number of hydrogen-bond donors (Lipinski definition) is 1. The number of aryl methyl sites for hydroxylation is 1. The van der Waals surface area contributed by atoms with Crippen LogP contribution in [-0.2, 0) is 11.3 Å². The number of carbonyl (C=O) groups is 2. The average Bonchev–Trinajstić information content (AvgIpc) is 3.12. The van der Waals surface area contributed by atoms with Gasteiger partial charge in [0.15, 0.2) is 17.3 Å². The lowest BCUT2D eigenvalue weighted by Gasteiger charge is -2.13. The van der Waals surface area contributed by atoms with Gasteiger partial charge in [0, 0.05) is 34.8 Å². The highest BCUT2D eigenvalue weighted by molar-refractivity contribution is 6.11. The van der Waals surface area contributed by atoms with Gasteiger partial charge in [0.1, 0.15) is 0 Å². The van der Waals surface area contributed by atoms with Crippen LogP contribution in [0.25, 0.3) is 10.9 Å². The van der Waals surface area contributed by atoms with E-state index in [1.165, 1.54) is 21.3 Å². The summed E-state index contributed by atoms with van der Waals surface area (Å²) in [6.45, 7) is 0.374. The molecule has 0 spiro atoms. The van der Waals surface area contributed by atoms with E-state index in [0.29, 0.717) is 34.9 Å². The summed E-state index contributed by atoms with van der Waals surface area (Å²) in [5.41, 5.74) is 1.81. The zero-order valence-corrected chi connectivity index (χ0v) is 15.9. The van der Waals surface area contributed by atoms with Crippen LogP contribution >= 0.6 is 0 Å². The van der Waals surface area contributed by atoms with Crippen molar-refractivity contribution in [2.75, 3.05) is 21.3 Å². The Bertz CT molecular complexity index is 1010. The van der Waals surface area contributed by atoms with Gasteiger partial charge in [-0.3, -0.25) is 9.59 Å². The number of nitrogens with zero attached hydrogens (tertiary/aromatic N) is 1. The van der Waals surface area contributed by atoms with Crippen LogP contribution in [-0.4, -0.2) is 42.8 Å². The van der Waals surface area contributed by atoms with Crippen LogP contribution in [0.15, 0.2) is 42.6 Å². The van der Waals surface area contributed by atoms with Crippen molar-refractivity contribution in [1.82, 2.24) is 4.57 Å². The molecule has 7 heteroatoms. The highest BCUT2D eigenvalue weighted by Gasteiger charge is 2.18. The van der Waals surface area contributed by atoms with Gasteiger partial charge in [-0.15, -0.1) is 0 Å². The van der Waals surface area contributed by atoms with E-state index in [2.05, 4.69) is 0 Å². The fourth-order valence-electron chi connectivity index (χ4n) is 3.13. The summed E-state index contributed by atoms with van der Waals surface area (Å²) in [5, 5.41) is 9.73. The summed E-state index contributed by atoms with van der Waals surface area (Å²) in [6, 6.07) is 10.4. The largest absolute Gasteiger partial charge is 0.493 e. The van der Waals surface area contributed by atoms with E-state index in [0.717, 1.165) is 10.9 Å². The number of carboxylic acids is 1. The Morgan fingerprint density at radius 1 is 0.929 bits per heavy atom. The molecule has 0 radical (unpaired) electrons. The van der Waals surface area contributed by atoms with Crippen LogP contribution in [0, 0.1) is 0 Å². The SMILES string of the molecule is COc1cc(C(=O)c2ccc3c(ccn3CCC(=O)O)c2)cc(OC)c1OC. The second kappa shape index (κ2) is 8.04. The maximum Gasteiger partial charge on any atom is 0.305 e. The topological polar surface area (TPSA) is 87.0 Å². The van der Waals surface area contributed by atoms with Crippen molar-refractivity contribution >= 4 is 22.7 Å². The van der Waals surface area contributed by atoms with Crippen LogP contribution in [0.4, 0.5) is 0 Å². The number of carbonyl (C=O) groups excluding carboxylic acids is 1. The molecule has 0 unspecified atom stereocenters. The van der Waals surface area contributed by atoms with E-state index < -0.39 is 5.97 Å². The molecule has 146 valence electrons. The molecule has 3 aromatic rings. The Morgan fingerprint density at radius 3 is 2.18 bits per heavy atom. The van der Waals surface area contributed by atoms with Gasteiger partial charge in [-0.1, -0.05) is 0 Å². The molecule has 3 rings (SSSR count). The first-order valence-corrected chi connectivity index (χ1v) is 8.64. The molecule has 1 aromatic heterocycles. The van der Waals surface area contributed by atoms with Gasteiger partial charge < -0.3 is 23.9 Å². The quantitative estimate of drug-likeness (QED) is 0.600. The van der Waals surface area contributed by atoms with E-state index in [-0.39, 0.29) is 12.2 Å². The van der Waals surface area contributed by atoms with Crippen LogP contribution in [0.1, 0.15) is 22.3 Å². The smallest absolute Gasteiger partial charge is 0.305 e. The number of ether oxygens (including phenoxy) is 3. The molecule has 0 saturated carbocycles. The molecule has 0 amide bonds. The summed E-state index contributed by atoms with van der Waals surface area (Å²) in [5.74, 6) is 0.209. The number of aromatic nitrogens is 1. The van der Waals surface area contributed by atoms with Crippen LogP contribution in [0.2, 0.25) is 0 Å². The Morgan fingerprint density at radius 2 is 1.61 bits per heavy atom.